The molecule has 2 saturated heterocycles. The molecule has 4 heterocycles. The van der Waals surface area contributed by atoms with Crippen LogP contribution >= 0.6 is 0 Å². The van der Waals surface area contributed by atoms with Crippen LogP contribution in [-0.4, -0.2) is 57.9 Å². The average Bonchev–Trinajstić information content (AvgIpc) is 2.90. The number of aryl methyl sites for hydroxylation is 1. The second-order valence-corrected chi connectivity index (χ2v) is 6.40. The van der Waals surface area contributed by atoms with Crippen LogP contribution in [0.1, 0.15) is 17.8 Å². The van der Waals surface area contributed by atoms with Crippen LogP contribution < -0.4 is 5.32 Å². The molecule has 2 atom stereocenters. The SMILES string of the molecule is Cc1nc2ccccn2c1CC(=O)N1CC[C@@H]2OCC(=O)N[C@H]2C1. The summed E-state index contributed by atoms with van der Waals surface area (Å²) in [5.41, 5.74) is 2.64. The molecule has 2 amide bonds. The summed E-state index contributed by atoms with van der Waals surface area (Å²) in [6.07, 6.45) is 3.01. The number of hydrogen-bond acceptors (Lipinski definition) is 4. The van der Waals surface area contributed by atoms with Gasteiger partial charge < -0.3 is 19.4 Å². The highest BCUT2D eigenvalue weighted by Gasteiger charge is 2.36. The molecule has 0 unspecified atom stereocenters. The van der Waals surface area contributed by atoms with E-state index in [9.17, 15) is 9.59 Å². The molecule has 1 N–H and O–H groups in total. The lowest BCUT2D eigenvalue weighted by atomic mass is 10.00. The van der Waals surface area contributed by atoms with Gasteiger partial charge in [-0.25, -0.2) is 4.98 Å². The molecule has 126 valence electrons. The third-order valence-electron chi connectivity index (χ3n) is 4.82. The predicted octanol–water partition coefficient (Wildman–Crippen LogP) is 0.301. The van der Waals surface area contributed by atoms with Crippen LogP contribution in [0.3, 0.4) is 0 Å². The standard InChI is InChI=1S/C17H20N4O3/c1-11-13(21-6-3-2-4-15(21)18-11)8-17(23)20-7-5-14-12(9-20)19-16(22)10-24-14/h2-4,6,12,14H,5,7-10H2,1H3,(H,19,22)/t12-,14-/m0/s1. The van der Waals surface area contributed by atoms with Gasteiger partial charge in [0.25, 0.3) is 0 Å². The Labute approximate surface area is 139 Å². The number of ether oxygens (including phenoxy) is 1. The van der Waals surface area contributed by atoms with E-state index < -0.39 is 0 Å². The lowest BCUT2D eigenvalue weighted by Gasteiger charge is -2.41. The first-order valence-electron chi connectivity index (χ1n) is 8.23. The summed E-state index contributed by atoms with van der Waals surface area (Å²) in [4.78, 5) is 30.6. The number of pyridine rings is 1. The van der Waals surface area contributed by atoms with Gasteiger partial charge in [0.1, 0.15) is 12.3 Å². The lowest BCUT2D eigenvalue weighted by molar-refractivity contribution is -0.146. The number of piperidine rings is 1. The number of fused-ring (bicyclic) bond motifs is 2. The Kier molecular flexibility index (Phi) is 3.72. The maximum absolute atomic E-state index is 12.7. The van der Waals surface area contributed by atoms with Gasteiger partial charge in [0.2, 0.25) is 11.8 Å². The molecule has 0 radical (unpaired) electrons. The van der Waals surface area contributed by atoms with Crippen LogP contribution in [0.15, 0.2) is 24.4 Å². The molecular formula is C17H20N4O3. The number of rotatable bonds is 2. The monoisotopic (exact) mass is 328 g/mol. The number of morpholine rings is 1. The molecule has 7 nitrogen and oxygen atoms in total. The van der Waals surface area contributed by atoms with Crippen molar-refractivity contribution in [2.24, 2.45) is 0 Å². The third kappa shape index (κ3) is 2.65. The highest BCUT2D eigenvalue weighted by Crippen LogP contribution is 2.19. The molecular weight excluding hydrogens is 308 g/mol. The van der Waals surface area contributed by atoms with Gasteiger partial charge in [-0.2, -0.15) is 0 Å². The summed E-state index contributed by atoms with van der Waals surface area (Å²) in [6, 6.07) is 5.69. The van der Waals surface area contributed by atoms with Crippen molar-refractivity contribution >= 4 is 17.5 Å². The zero-order chi connectivity index (χ0) is 16.7. The Morgan fingerprint density at radius 1 is 1.46 bits per heavy atom. The van der Waals surface area contributed by atoms with E-state index in [2.05, 4.69) is 10.3 Å². The number of aromatic nitrogens is 2. The van der Waals surface area contributed by atoms with E-state index in [1.54, 1.807) is 0 Å². The second-order valence-electron chi connectivity index (χ2n) is 6.40. The van der Waals surface area contributed by atoms with E-state index in [4.69, 9.17) is 4.74 Å². The van der Waals surface area contributed by atoms with E-state index in [1.165, 1.54) is 0 Å². The maximum Gasteiger partial charge on any atom is 0.246 e. The van der Waals surface area contributed by atoms with E-state index in [1.807, 2.05) is 40.6 Å². The Bertz CT molecular complexity index is 800. The number of hydrogen-bond donors (Lipinski definition) is 1. The van der Waals surface area contributed by atoms with E-state index >= 15 is 0 Å². The van der Waals surface area contributed by atoms with E-state index in [0.29, 0.717) is 19.5 Å². The van der Waals surface area contributed by atoms with Gasteiger partial charge in [-0.15, -0.1) is 0 Å². The molecule has 0 saturated carbocycles. The topological polar surface area (TPSA) is 75.9 Å². The second kappa shape index (κ2) is 5.90. The highest BCUT2D eigenvalue weighted by atomic mass is 16.5. The number of nitrogens with zero attached hydrogens (tertiary/aromatic N) is 3. The molecule has 7 heteroatoms. The van der Waals surface area contributed by atoms with E-state index in [-0.39, 0.29) is 30.6 Å². The van der Waals surface area contributed by atoms with Crippen molar-refractivity contribution in [3.8, 4) is 0 Å². The van der Waals surface area contributed by atoms with Crippen molar-refractivity contribution in [3.05, 3.63) is 35.8 Å². The predicted molar refractivity (Wildman–Crippen MR) is 86.5 cm³/mol. The summed E-state index contributed by atoms with van der Waals surface area (Å²) in [7, 11) is 0. The van der Waals surface area contributed by atoms with Crippen molar-refractivity contribution in [1.29, 1.82) is 0 Å². The fraction of sp³-hybridized carbons (Fsp3) is 0.471. The molecule has 4 rings (SSSR count). The maximum atomic E-state index is 12.7. The fourth-order valence-electron chi connectivity index (χ4n) is 3.56. The molecule has 2 aliphatic heterocycles. The Morgan fingerprint density at radius 2 is 2.33 bits per heavy atom. The van der Waals surface area contributed by atoms with Crippen LogP contribution in [0.25, 0.3) is 5.65 Å². The average molecular weight is 328 g/mol. The molecule has 24 heavy (non-hydrogen) atoms. The Morgan fingerprint density at radius 3 is 3.21 bits per heavy atom. The largest absolute Gasteiger partial charge is 0.366 e. The Balaban J connectivity index is 1.50. The van der Waals surface area contributed by atoms with Crippen molar-refractivity contribution in [3.63, 3.8) is 0 Å². The molecule has 2 aromatic rings. The van der Waals surface area contributed by atoms with Crippen LogP contribution in [0.4, 0.5) is 0 Å². The first-order chi connectivity index (χ1) is 11.6. The number of imidazole rings is 1. The lowest BCUT2D eigenvalue weighted by Crippen LogP contribution is -2.61. The number of carbonyl (C=O) groups is 2. The normalized spacial score (nSPS) is 23.9. The van der Waals surface area contributed by atoms with Crippen LogP contribution in [-0.2, 0) is 20.7 Å². The zero-order valence-electron chi connectivity index (χ0n) is 13.6. The van der Waals surface area contributed by atoms with Crippen molar-refractivity contribution in [1.82, 2.24) is 19.6 Å². The van der Waals surface area contributed by atoms with Crippen molar-refractivity contribution in [2.45, 2.75) is 31.9 Å². The number of likely N-dealkylation sites (tertiary alicyclic amines) is 1. The van der Waals surface area contributed by atoms with Crippen LogP contribution in [0, 0.1) is 6.92 Å². The van der Waals surface area contributed by atoms with Crippen molar-refractivity contribution in [2.75, 3.05) is 19.7 Å². The molecule has 0 bridgehead atoms. The minimum absolute atomic E-state index is 0.0179. The summed E-state index contributed by atoms with van der Waals surface area (Å²) in [5, 5.41) is 2.93. The quantitative estimate of drug-likeness (QED) is 0.860. The number of amides is 2. The smallest absolute Gasteiger partial charge is 0.246 e. The minimum Gasteiger partial charge on any atom is -0.366 e. The van der Waals surface area contributed by atoms with E-state index in [0.717, 1.165) is 23.5 Å². The van der Waals surface area contributed by atoms with Gasteiger partial charge in [-0.05, 0) is 25.5 Å². The third-order valence-corrected chi connectivity index (χ3v) is 4.82. The van der Waals surface area contributed by atoms with Crippen molar-refractivity contribution < 1.29 is 14.3 Å². The molecule has 0 aromatic carbocycles. The van der Waals surface area contributed by atoms with Gasteiger partial charge in [0, 0.05) is 19.3 Å². The summed E-state index contributed by atoms with van der Waals surface area (Å²) in [6.45, 7) is 3.21. The fourth-order valence-corrected chi connectivity index (χ4v) is 3.56. The summed E-state index contributed by atoms with van der Waals surface area (Å²) < 4.78 is 7.50. The van der Waals surface area contributed by atoms with Gasteiger partial charge >= 0.3 is 0 Å². The molecule has 2 fully saturated rings. The molecule has 2 aliphatic rings. The van der Waals surface area contributed by atoms with Gasteiger partial charge in [0.05, 0.1) is 30.0 Å². The molecule has 2 aromatic heterocycles. The van der Waals surface area contributed by atoms with Crippen LogP contribution in [0.5, 0.6) is 0 Å². The van der Waals surface area contributed by atoms with Gasteiger partial charge in [0.15, 0.2) is 0 Å². The van der Waals surface area contributed by atoms with Crippen LogP contribution in [0.2, 0.25) is 0 Å². The minimum atomic E-state index is -0.108. The Hall–Kier alpha value is -2.41. The van der Waals surface area contributed by atoms with Gasteiger partial charge in [-0.3, -0.25) is 9.59 Å². The first-order valence-corrected chi connectivity index (χ1v) is 8.23. The summed E-state index contributed by atoms with van der Waals surface area (Å²) >= 11 is 0. The first kappa shape index (κ1) is 15.1. The van der Waals surface area contributed by atoms with Gasteiger partial charge in [-0.1, -0.05) is 6.07 Å². The zero-order valence-corrected chi connectivity index (χ0v) is 13.6. The molecule has 0 spiro atoms. The molecule has 0 aliphatic carbocycles. The highest BCUT2D eigenvalue weighted by molar-refractivity contribution is 5.80. The summed E-state index contributed by atoms with van der Waals surface area (Å²) in [5.74, 6) is -0.0507. The number of nitrogens with one attached hydrogen (secondary N) is 1. The number of carbonyl (C=O) groups excluding carboxylic acids is 2.